The number of nitrogens with one attached hydrogen (secondary N) is 1. The van der Waals surface area contributed by atoms with E-state index in [0.717, 1.165) is 0 Å². The summed E-state index contributed by atoms with van der Waals surface area (Å²) < 4.78 is 11.4. The minimum Gasteiger partial charge on any atom is -0.497 e. The number of benzene rings is 1. The predicted octanol–water partition coefficient (Wildman–Crippen LogP) is 2.29. The van der Waals surface area contributed by atoms with Crippen LogP contribution in [-0.4, -0.2) is 42.5 Å². The van der Waals surface area contributed by atoms with Crippen LogP contribution in [0.2, 0.25) is 0 Å². The SMILES string of the molecule is CCOC(=O)CNC(=O)c1cc2c(n(-c3ccc(OC)cc3)c1=O)CC(C)(C)CC2=O. The normalized spacial score (nSPS) is 14.5. The van der Waals surface area contributed by atoms with E-state index >= 15 is 0 Å². The highest BCUT2D eigenvalue weighted by Crippen LogP contribution is 2.35. The molecule has 31 heavy (non-hydrogen) atoms. The Labute approximate surface area is 180 Å². The maximum Gasteiger partial charge on any atom is 0.325 e. The number of carbonyl (C=O) groups excluding carboxylic acids is 3. The number of esters is 1. The molecule has 8 heteroatoms. The van der Waals surface area contributed by atoms with Crippen LogP contribution in [0.3, 0.4) is 0 Å². The Morgan fingerprint density at radius 3 is 2.42 bits per heavy atom. The number of Topliss-reactive ketones (excluding diaryl/α,β-unsaturated/α-hetero) is 1. The van der Waals surface area contributed by atoms with Crippen LogP contribution in [0.5, 0.6) is 5.75 Å². The summed E-state index contributed by atoms with van der Waals surface area (Å²) in [4.78, 5) is 50.5. The lowest BCUT2D eigenvalue weighted by molar-refractivity contribution is -0.141. The van der Waals surface area contributed by atoms with Crippen LogP contribution >= 0.6 is 0 Å². The number of amides is 1. The van der Waals surface area contributed by atoms with E-state index in [1.165, 1.54) is 10.6 Å². The Kier molecular flexibility index (Phi) is 6.29. The quantitative estimate of drug-likeness (QED) is 0.711. The van der Waals surface area contributed by atoms with Gasteiger partial charge in [0.15, 0.2) is 5.78 Å². The lowest BCUT2D eigenvalue weighted by Crippen LogP contribution is -2.40. The summed E-state index contributed by atoms with van der Waals surface area (Å²) in [5.74, 6) is -0.860. The van der Waals surface area contributed by atoms with Gasteiger partial charge in [-0.15, -0.1) is 0 Å². The number of nitrogens with zero attached hydrogens (tertiary/aromatic N) is 1. The average Bonchev–Trinajstić information content (AvgIpc) is 2.71. The number of ether oxygens (including phenoxy) is 2. The first-order valence-corrected chi connectivity index (χ1v) is 10.1. The van der Waals surface area contributed by atoms with Gasteiger partial charge in [0.2, 0.25) is 0 Å². The number of fused-ring (bicyclic) bond motifs is 1. The van der Waals surface area contributed by atoms with E-state index in [4.69, 9.17) is 9.47 Å². The van der Waals surface area contributed by atoms with E-state index < -0.39 is 17.4 Å². The molecule has 1 amide bonds. The molecule has 0 spiro atoms. The van der Waals surface area contributed by atoms with Gasteiger partial charge in [-0.3, -0.25) is 23.7 Å². The summed E-state index contributed by atoms with van der Waals surface area (Å²) in [7, 11) is 1.54. The minimum atomic E-state index is -0.735. The van der Waals surface area contributed by atoms with E-state index in [0.29, 0.717) is 35.5 Å². The molecular formula is C23H26N2O6. The lowest BCUT2D eigenvalue weighted by atomic mass is 9.75. The second kappa shape index (κ2) is 8.75. The average molecular weight is 426 g/mol. The molecular weight excluding hydrogens is 400 g/mol. The molecule has 0 fully saturated rings. The Bertz CT molecular complexity index is 1080. The van der Waals surface area contributed by atoms with Gasteiger partial charge in [0.05, 0.1) is 13.7 Å². The molecule has 3 rings (SSSR count). The zero-order valence-corrected chi connectivity index (χ0v) is 18.1. The number of hydrogen-bond donors (Lipinski definition) is 1. The van der Waals surface area contributed by atoms with Gasteiger partial charge in [0, 0.05) is 23.4 Å². The van der Waals surface area contributed by atoms with Crippen LogP contribution in [0.1, 0.15) is 53.6 Å². The van der Waals surface area contributed by atoms with Gasteiger partial charge < -0.3 is 14.8 Å². The van der Waals surface area contributed by atoms with Gasteiger partial charge >= 0.3 is 5.97 Å². The fraction of sp³-hybridized carbons (Fsp3) is 0.391. The third-order valence-corrected chi connectivity index (χ3v) is 5.16. The minimum absolute atomic E-state index is 0.132. The van der Waals surface area contributed by atoms with Crippen LogP contribution < -0.4 is 15.6 Å². The number of ketones is 1. The third-order valence-electron chi connectivity index (χ3n) is 5.16. The number of pyridine rings is 1. The van der Waals surface area contributed by atoms with Crippen molar-refractivity contribution >= 4 is 17.7 Å². The standard InChI is InChI=1S/C23H26N2O6/c1-5-31-20(27)13-24-21(28)17-10-16-18(11-23(2,3)12-19(16)26)25(22(17)29)14-6-8-15(30-4)9-7-14/h6-10H,5,11-13H2,1-4H3,(H,24,28). The van der Waals surface area contributed by atoms with Crippen LogP contribution in [0.15, 0.2) is 35.1 Å². The number of carbonyl (C=O) groups is 3. The highest BCUT2D eigenvalue weighted by molar-refractivity contribution is 6.02. The molecule has 8 nitrogen and oxygen atoms in total. The van der Waals surface area contributed by atoms with Crippen molar-refractivity contribution in [1.82, 2.24) is 9.88 Å². The fourth-order valence-corrected chi connectivity index (χ4v) is 3.74. The lowest BCUT2D eigenvalue weighted by Gasteiger charge is -2.32. The third kappa shape index (κ3) is 4.68. The monoisotopic (exact) mass is 426 g/mol. The molecule has 1 aliphatic rings. The van der Waals surface area contributed by atoms with Gasteiger partial charge in [0.25, 0.3) is 11.5 Å². The molecule has 2 aromatic rings. The van der Waals surface area contributed by atoms with E-state index in [1.807, 2.05) is 13.8 Å². The molecule has 0 bridgehead atoms. The molecule has 0 unspecified atom stereocenters. The predicted molar refractivity (Wildman–Crippen MR) is 114 cm³/mol. The van der Waals surface area contributed by atoms with Crippen LogP contribution in [0.4, 0.5) is 0 Å². The molecule has 0 aliphatic heterocycles. The topological polar surface area (TPSA) is 104 Å². The van der Waals surface area contributed by atoms with Crippen LogP contribution in [0, 0.1) is 5.41 Å². The van der Waals surface area contributed by atoms with Crippen molar-refractivity contribution in [2.75, 3.05) is 20.3 Å². The maximum absolute atomic E-state index is 13.4. The Balaban J connectivity index is 2.13. The number of methoxy groups -OCH3 is 1. The largest absolute Gasteiger partial charge is 0.497 e. The van der Waals surface area contributed by atoms with Crippen molar-refractivity contribution in [1.29, 1.82) is 0 Å². The first-order valence-electron chi connectivity index (χ1n) is 10.1. The Hall–Kier alpha value is -3.42. The summed E-state index contributed by atoms with van der Waals surface area (Å²) in [6.45, 7) is 5.41. The van der Waals surface area contributed by atoms with Crippen molar-refractivity contribution in [2.45, 2.75) is 33.6 Å². The molecule has 1 heterocycles. The summed E-state index contributed by atoms with van der Waals surface area (Å²) in [6, 6.07) is 8.16. The molecule has 0 atom stereocenters. The molecule has 1 aromatic heterocycles. The van der Waals surface area contributed by atoms with E-state index in [-0.39, 0.29) is 29.9 Å². The van der Waals surface area contributed by atoms with Crippen molar-refractivity contribution in [2.24, 2.45) is 5.41 Å². The molecule has 0 saturated heterocycles. The van der Waals surface area contributed by atoms with Gasteiger partial charge in [-0.25, -0.2) is 0 Å². The summed E-state index contributed by atoms with van der Waals surface area (Å²) >= 11 is 0. The van der Waals surface area contributed by atoms with E-state index in [1.54, 1.807) is 38.3 Å². The fourth-order valence-electron chi connectivity index (χ4n) is 3.74. The second-order valence-electron chi connectivity index (χ2n) is 8.19. The Morgan fingerprint density at radius 2 is 1.81 bits per heavy atom. The van der Waals surface area contributed by atoms with Gasteiger partial charge in [0.1, 0.15) is 17.9 Å². The Morgan fingerprint density at radius 1 is 1.13 bits per heavy atom. The van der Waals surface area contributed by atoms with E-state index in [2.05, 4.69) is 5.32 Å². The number of rotatable bonds is 6. The highest BCUT2D eigenvalue weighted by atomic mass is 16.5. The highest BCUT2D eigenvalue weighted by Gasteiger charge is 2.35. The maximum atomic E-state index is 13.4. The summed E-state index contributed by atoms with van der Waals surface area (Å²) in [5, 5.41) is 2.40. The summed E-state index contributed by atoms with van der Waals surface area (Å²) in [5.41, 5.74) is 0.350. The van der Waals surface area contributed by atoms with Gasteiger partial charge in [-0.2, -0.15) is 0 Å². The van der Waals surface area contributed by atoms with E-state index in [9.17, 15) is 19.2 Å². The van der Waals surface area contributed by atoms with Gasteiger partial charge in [-0.1, -0.05) is 13.8 Å². The van der Waals surface area contributed by atoms with Crippen LogP contribution in [0.25, 0.3) is 5.69 Å². The molecule has 1 aliphatic carbocycles. The van der Waals surface area contributed by atoms with Crippen molar-refractivity contribution in [3.05, 3.63) is 57.5 Å². The van der Waals surface area contributed by atoms with Gasteiger partial charge in [-0.05, 0) is 49.1 Å². The smallest absolute Gasteiger partial charge is 0.325 e. The molecule has 1 N–H and O–H groups in total. The van der Waals surface area contributed by atoms with Crippen molar-refractivity contribution in [3.8, 4) is 11.4 Å². The molecule has 0 radical (unpaired) electrons. The first-order chi connectivity index (χ1) is 14.7. The number of aromatic nitrogens is 1. The zero-order valence-electron chi connectivity index (χ0n) is 18.1. The zero-order chi connectivity index (χ0) is 22.8. The van der Waals surface area contributed by atoms with Crippen LogP contribution in [-0.2, 0) is 16.0 Å². The first kappa shape index (κ1) is 22.3. The van der Waals surface area contributed by atoms with Crippen molar-refractivity contribution in [3.63, 3.8) is 0 Å². The molecule has 164 valence electrons. The molecule has 1 aromatic carbocycles. The van der Waals surface area contributed by atoms with Crippen molar-refractivity contribution < 1.29 is 23.9 Å². The summed E-state index contributed by atoms with van der Waals surface area (Å²) in [6.07, 6.45) is 0.810. The number of hydrogen-bond acceptors (Lipinski definition) is 6. The molecule has 0 saturated carbocycles. The second-order valence-corrected chi connectivity index (χ2v) is 8.19.